The monoisotopic (exact) mass is 344 g/mol. The fourth-order valence-electron chi connectivity index (χ4n) is 4.11. The number of ketones is 1. The van der Waals surface area contributed by atoms with Crippen molar-refractivity contribution in [2.45, 2.75) is 38.6 Å². The molecule has 136 valence electrons. The highest BCUT2D eigenvalue weighted by Crippen LogP contribution is 2.27. The highest BCUT2D eigenvalue weighted by molar-refractivity contribution is 5.98. The van der Waals surface area contributed by atoms with E-state index in [4.69, 9.17) is 4.74 Å². The first-order valence-corrected chi connectivity index (χ1v) is 9.26. The third-order valence-corrected chi connectivity index (χ3v) is 5.60. The molecule has 2 fully saturated rings. The number of piperidine rings is 2. The van der Waals surface area contributed by atoms with Gasteiger partial charge >= 0.3 is 0 Å². The minimum Gasteiger partial charge on any atom is -0.497 e. The second kappa shape index (κ2) is 8.00. The maximum atomic E-state index is 12.9. The Morgan fingerprint density at radius 1 is 1.12 bits per heavy atom. The van der Waals surface area contributed by atoms with Crippen LogP contribution in [-0.2, 0) is 4.79 Å². The van der Waals surface area contributed by atoms with Gasteiger partial charge in [0.25, 0.3) is 0 Å². The second-order valence-electron chi connectivity index (χ2n) is 7.17. The van der Waals surface area contributed by atoms with E-state index in [-0.39, 0.29) is 17.6 Å². The van der Waals surface area contributed by atoms with Gasteiger partial charge in [-0.25, -0.2) is 0 Å². The molecular formula is C20H28N2O3. The van der Waals surface area contributed by atoms with Crippen LogP contribution >= 0.6 is 0 Å². The van der Waals surface area contributed by atoms with Gasteiger partial charge in [0, 0.05) is 44.1 Å². The van der Waals surface area contributed by atoms with Crippen molar-refractivity contribution in [1.29, 1.82) is 0 Å². The summed E-state index contributed by atoms with van der Waals surface area (Å²) < 4.78 is 5.24. The largest absolute Gasteiger partial charge is 0.497 e. The minimum absolute atomic E-state index is 0.0618. The van der Waals surface area contributed by atoms with Crippen LogP contribution in [0.2, 0.25) is 0 Å². The molecule has 0 N–H and O–H groups in total. The zero-order valence-electron chi connectivity index (χ0n) is 15.2. The van der Waals surface area contributed by atoms with E-state index in [1.807, 2.05) is 29.2 Å². The number of benzene rings is 1. The molecule has 1 aromatic carbocycles. The highest BCUT2D eigenvalue weighted by Gasteiger charge is 2.32. The van der Waals surface area contributed by atoms with Crippen molar-refractivity contribution >= 4 is 11.7 Å². The van der Waals surface area contributed by atoms with Crippen LogP contribution in [0.25, 0.3) is 0 Å². The van der Waals surface area contributed by atoms with Crippen LogP contribution in [0.1, 0.15) is 43.0 Å². The number of ether oxygens (including phenoxy) is 1. The molecule has 1 amide bonds. The van der Waals surface area contributed by atoms with E-state index in [2.05, 4.69) is 4.90 Å². The predicted molar refractivity (Wildman–Crippen MR) is 96.9 cm³/mol. The average molecular weight is 344 g/mol. The number of carbonyl (C=O) groups is 2. The molecule has 1 aromatic rings. The summed E-state index contributed by atoms with van der Waals surface area (Å²) in [6.07, 6.45) is 4.05. The van der Waals surface area contributed by atoms with Gasteiger partial charge in [-0.05, 0) is 44.4 Å². The van der Waals surface area contributed by atoms with Gasteiger partial charge in [-0.2, -0.15) is 0 Å². The number of hydrogen-bond acceptors (Lipinski definition) is 4. The summed E-state index contributed by atoms with van der Waals surface area (Å²) in [6, 6.07) is 7.97. The third kappa shape index (κ3) is 4.21. The first-order valence-electron chi connectivity index (χ1n) is 9.26. The van der Waals surface area contributed by atoms with Crippen LogP contribution in [0.4, 0.5) is 0 Å². The molecule has 0 radical (unpaired) electrons. The Morgan fingerprint density at radius 3 is 2.56 bits per heavy atom. The topological polar surface area (TPSA) is 49.9 Å². The van der Waals surface area contributed by atoms with Crippen molar-refractivity contribution in [3.63, 3.8) is 0 Å². The maximum Gasteiger partial charge on any atom is 0.219 e. The highest BCUT2D eigenvalue weighted by atomic mass is 16.5. The lowest BCUT2D eigenvalue weighted by Crippen LogP contribution is -2.50. The Balaban J connectivity index is 1.61. The molecule has 2 saturated heterocycles. The molecule has 0 bridgehead atoms. The van der Waals surface area contributed by atoms with Gasteiger partial charge in [0.1, 0.15) is 5.75 Å². The van der Waals surface area contributed by atoms with Crippen molar-refractivity contribution in [2.24, 2.45) is 5.92 Å². The molecule has 0 aliphatic carbocycles. The lowest BCUT2D eigenvalue weighted by molar-refractivity contribution is -0.130. The molecule has 2 aliphatic rings. The van der Waals surface area contributed by atoms with E-state index < -0.39 is 0 Å². The van der Waals surface area contributed by atoms with Crippen molar-refractivity contribution in [3.05, 3.63) is 29.8 Å². The van der Waals surface area contributed by atoms with E-state index in [9.17, 15) is 9.59 Å². The number of methoxy groups -OCH3 is 1. The number of carbonyl (C=O) groups excluding carboxylic acids is 2. The summed E-state index contributed by atoms with van der Waals surface area (Å²) in [4.78, 5) is 28.8. The molecule has 3 rings (SSSR count). The van der Waals surface area contributed by atoms with Crippen LogP contribution in [-0.4, -0.2) is 60.8 Å². The standard InChI is InChI=1S/C20H28N2O3/c1-15(23)21-11-8-18(9-12-21)22-10-4-6-17(14-22)20(24)16-5-3-7-19(13-16)25-2/h3,5,7,13,17-18H,4,6,8-12,14H2,1-2H3/t17-/m1/s1. The summed E-state index contributed by atoms with van der Waals surface area (Å²) in [7, 11) is 1.62. The molecule has 0 aromatic heterocycles. The first kappa shape index (κ1) is 17.9. The van der Waals surface area contributed by atoms with E-state index in [1.165, 1.54) is 0 Å². The second-order valence-corrected chi connectivity index (χ2v) is 7.17. The Morgan fingerprint density at radius 2 is 1.88 bits per heavy atom. The summed E-state index contributed by atoms with van der Waals surface area (Å²) in [5.41, 5.74) is 0.748. The van der Waals surface area contributed by atoms with Crippen molar-refractivity contribution in [2.75, 3.05) is 33.3 Å². The zero-order chi connectivity index (χ0) is 17.8. The molecule has 0 unspecified atom stereocenters. The van der Waals surface area contributed by atoms with Crippen LogP contribution in [0.3, 0.4) is 0 Å². The molecule has 2 heterocycles. The number of rotatable bonds is 4. The van der Waals surface area contributed by atoms with Crippen LogP contribution in [0, 0.1) is 5.92 Å². The van der Waals surface area contributed by atoms with Gasteiger partial charge in [-0.15, -0.1) is 0 Å². The van der Waals surface area contributed by atoms with E-state index in [0.717, 1.165) is 63.2 Å². The van der Waals surface area contributed by atoms with Gasteiger partial charge in [0.05, 0.1) is 7.11 Å². The lowest BCUT2D eigenvalue weighted by Gasteiger charge is -2.41. The molecule has 5 nitrogen and oxygen atoms in total. The number of amides is 1. The quantitative estimate of drug-likeness (QED) is 0.788. The predicted octanol–water partition coefficient (Wildman–Crippen LogP) is 2.60. The molecule has 2 aliphatic heterocycles. The van der Waals surface area contributed by atoms with Gasteiger partial charge < -0.3 is 9.64 Å². The van der Waals surface area contributed by atoms with E-state index in [0.29, 0.717) is 6.04 Å². The van der Waals surface area contributed by atoms with Gasteiger partial charge in [0.2, 0.25) is 5.91 Å². The molecular weight excluding hydrogens is 316 g/mol. The molecule has 1 atom stereocenters. The minimum atomic E-state index is 0.0618. The van der Waals surface area contributed by atoms with Crippen LogP contribution in [0.15, 0.2) is 24.3 Å². The Labute approximate surface area is 149 Å². The number of hydrogen-bond donors (Lipinski definition) is 0. The van der Waals surface area contributed by atoms with Gasteiger partial charge in [-0.3, -0.25) is 14.5 Å². The number of Topliss-reactive ketones (excluding diaryl/α,β-unsaturated/α-hetero) is 1. The Kier molecular flexibility index (Phi) is 5.74. The maximum absolute atomic E-state index is 12.9. The molecule has 0 saturated carbocycles. The fraction of sp³-hybridized carbons (Fsp3) is 0.600. The smallest absolute Gasteiger partial charge is 0.219 e. The summed E-state index contributed by atoms with van der Waals surface area (Å²) in [5, 5.41) is 0. The van der Waals surface area contributed by atoms with Crippen molar-refractivity contribution in [1.82, 2.24) is 9.80 Å². The van der Waals surface area contributed by atoms with Crippen molar-refractivity contribution in [3.8, 4) is 5.75 Å². The summed E-state index contributed by atoms with van der Waals surface area (Å²) >= 11 is 0. The molecule has 0 spiro atoms. The molecule has 25 heavy (non-hydrogen) atoms. The van der Waals surface area contributed by atoms with Crippen molar-refractivity contribution < 1.29 is 14.3 Å². The van der Waals surface area contributed by atoms with Gasteiger partial charge in [-0.1, -0.05) is 12.1 Å². The SMILES string of the molecule is COc1cccc(C(=O)[C@@H]2CCCN(C3CCN(C(C)=O)CC3)C2)c1. The summed E-state index contributed by atoms with van der Waals surface area (Å²) in [5.74, 6) is 1.19. The molecule has 5 heteroatoms. The van der Waals surface area contributed by atoms with Gasteiger partial charge in [0.15, 0.2) is 5.78 Å². The Bertz CT molecular complexity index is 623. The lowest BCUT2D eigenvalue weighted by atomic mass is 9.88. The summed E-state index contributed by atoms with van der Waals surface area (Å²) in [6.45, 7) is 5.22. The normalized spacial score (nSPS) is 22.6. The van der Waals surface area contributed by atoms with Crippen LogP contribution < -0.4 is 4.74 Å². The van der Waals surface area contributed by atoms with Crippen LogP contribution in [0.5, 0.6) is 5.75 Å². The fourth-order valence-corrected chi connectivity index (χ4v) is 4.11. The number of likely N-dealkylation sites (tertiary alicyclic amines) is 2. The Hall–Kier alpha value is -1.88. The third-order valence-electron chi connectivity index (χ3n) is 5.60. The average Bonchev–Trinajstić information content (AvgIpc) is 2.67. The van der Waals surface area contributed by atoms with E-state index in [1.54, 1.807) is 14.0 Å². The zero-order valence-corrected chi connectivity index (χ0v) is 15.2. The number of nitrogens with zero attached hydrogens (tertiary/aromatic N) is 2. The van der Waals surface area contributed by atoms with E-state index >= 15 is 0 Å². The first-order chi connectivity index (χ1) is 12.1.